The number of hydrogen-bond donors (Lipinski definition) is 3. The van der Waals surface area contributed by atoms with Crippen LogP contribution < -0.4 is 16.0 Å². The van der Waals surface area contributed by atoms with Gasteiger partial charge in [-0.3, -0.25) is 4.79 Å². The van der Waals surface area contributed by atoms with E-state index >= 15 is 0 Å². The third-order valence-electron chi connectivity index (χ3n) is 2.07. The van der Waals surface area contributed by atoms with Gasteiger partial charge in [0.1, 0.15) is 0 Å². The lowest BCUT2D eigenvalue weighted by Crippen LogP contribution is -2.46. The molecule has 0 heterocycles. The first-order valence-electron chi connectivity index (χ1n) is 5.18. The summed E-state index contributed by atoms with van der Waals surface area (Å²) >= 11 is 5.06. The third kappa shape index (κ3) is 5.57. The Balaban J connectivity index is 3.92. The van der Waals surface area contributed by atoms with E-state index in [0.29, 0.717) is 11.7 Å². The molecule has 0 radical (unpaired) electrons. The summed E-state index contributed by atoms with van der Waals surface area (Å²) in [6.07, 6.45) is 1.03. The Morgan fingerprint density at radius 1 is 1.33 bits per heavy atom. The Kier molecular flexibility index (Phi) is 6.24. The van der Waals surface area contributed by atoms with Gasteiger partial charge in [-0.25, -0.2) is 0 Å². The van der Waals surface area contributed by atoms with Crippen LogP contribution in [0.15, 0.2) is 0 Å². The monoisotopic (exact) mass is 231 g/mol. The van der Waals surface area contributed by atoms with E-state index in [1.807, 2.05) is 13.8 Å². The molecule has 88 valence electrons. The van der Waals surface area contributed by atoms with E-state index in [0.717, 1.165) is 13.0 Å². The maximum absolute atomic E-state index is 11.4. The van der Waals surface area contributed by atoms with Crippen molar-refractivity contribution >= 4 is 23.2 Å². The number of rotatable bonds is 5. The molecule has 0 unspecified atom stereocenters. The number of hydrogen-bond acceptors (Lipinski definition) is 2. The molecule has 0 aliphatic heterocycles. The van der Waals surface area contributed by atoms with Crippen molar-refractivity contribution in [2.45, 2.75) is 27.2 Å². The second-order valence-corrected chi connectivity index (χ2v) is 4.48. The van der Waals surface area contributed by atoms with Crippen LogP contribution in [0, 0.1) is 5.41 Å². The molecule has 0 fully saturated rings. The fraction of sp³-hybridized carbons (Fsp3) is 0.800. The molecule has 0 bridgehead atoms. The summed E-state index contributed by atoms with van der Waals surface area (Å²) in [6, 6.07) is 0. The zero-order valence-electron chi connectivity index (χ0n) is 9.94. The van der Waals surface area contributed by atoms with Gasteiger partial charge in [0.25, 0.3) is 0 Å². The molecule has 0 aromatic rings. The highest BCUT2D eigenvalue weighted by Crippen LogP contribution is 2.12. The lowest BCUT2D eigenvalue weighted by atomic mass is 9.92. The number of thiocarbonyl (C=S) groups is 1. The average Bonchev–Trinajstić information content (AvgIpc) is 2.22. The quantitative estimate of drug-likeness (QED) is 0.608. The van der Waals surface area contributed by atoms with Crippen LogP contribution in [-0.2, 0) is 4.79 Å². The maximum Gasteiger partial charge on any atom is 0.227 e. The van der Waals surface area contributed by atoms with Crippen molar-refractivity contribution in [3.63, 3.8) is 0 Å². The van der Waals surface area contributed by atoms with E-state index < -0.39 is 5.41 Å². The molecule has 0 aromatic heterocycles. The minimum atomic E-state index is -0.452. The first-order valence-corrected chi connectivity index (χ1v) is 5.58. The molecule has 0 rings (SSSR count). The second-order valence-electron chi connectivity index (χ2n) is 4.07. The van der Waals surface area contributed by atoms with Gasteiger partial charge in [0, 0.05) is 20.1 Å². The smallest absolute Gasteiger partial charge is 0.227 e. The Labute approximate surface area is 97.2 Å². The van der Waals surface area contributed by atoms with Crippen molar-refractivity contribution in [3.8, 4) is 0 Å². The van der Waals surface area contributed by atoms with Crippen LogP contribution in [0.2, 0.25) is 0 Å². The normalized spacial score (nSPS) is 10.7. The van der Waals surface area contributed by atoms with Crippen LogP contribution >= 0.6 is 12.2 Å². The molecule has 3 N–H and O–H groups in total. The Morgan fingerprint density at radius 2 is 1.93 bits per heavy atom. The van der Waals surface area contributed by atoms with Gasteiger partial charge in [0.05, 0.1) is 5.41 Å². The van der Waals surface area contributed by atoms with Gasteiger partial charge in [-0.2, -0.15) is 0 Å². The van der Waals surface area contributed by atoms with Crippen molar-refractivity contribution in [2.24, 2.45) is 5.41 Å². The zero-order valence-corrected chi connectivity index (χ0v) is 10.8. The Hall–Kier alpha value is -0.840. The third-order valence-corrected chi connectivity index (χ3v) is 2.36. The van der Waals surface area contributed by atoms with Gasteiger partial charge in [-0.1, -0.05) is 6.92 Å². The molecule has 0 saturated heterocycles. The van der Waals surface area contributed by atoms with E-state index in [2.05, 4.69) is 22.9 Å². The standard InChI is InChI=1S/C10H21N3OS/c1-5-6-12-9(15)13-7-10(2,3)8(14)11-4/h5-7H2,1-4H3,(H,11,14)(H2,12,13,15). The van der Waals surface area contributed by atoms with Crippen LogP contribution in [0.3, 0.4) is 0 Å². The number of carbonyl (C=O) groups excluding carboxylic acids is 1. The van der Waals surface area contributed by atoms with Crippen molar-refractivity contribution in [3.05, 3.63) is 0 Å². The fourth-order valence-corrected chi connectivity index (χ4v) is 1.20. The summed E-state index contributed by atoms with van der Waals surface area (Å²) in [5, 5.41) is 9.32. The van der Waals surface area contributed by atoms with Gasteiger partial charge in [-0.15, -0.1) is 0 Å². The van der Waals surface area contributed by atoms with Crippen molar-refractivity contribution < 1.29 is 4.79 Å². The maximum atomic E-state index is 11.4. The van der Waals surface area contributed by atoms with Crippen LogP contribution in [0.1, 0.15) is 27.2 Å². The Bertz CT molecular complexity index is 229. The molecule has 5 heteroatoms. The number of amides is 1. The lowest BCUT2D eigenvalue weighted by Gasteiger charge is -2.23. The molecular formula is C10H21N3OS. The zero-order chi connectivity index (χ0) is 11.9. The summed E-state index contributed by atoms with van der Waals surface area (Å²) < 4.78 is 0. The summed E-state index contributed by atoms with van der Waals surface area (Å²) in [6.45, 7) is 7.21. The molecule has 0 spiro atoms. The first kappa shape index (κ1) is 14.2. The van der Waals surface area contributed by atoms with Crippen LogP contribution in [0.25, 0.3) is 0 Å². The Morgan fingerprint density at radius 3 is 2.40 bits per heavy atom. The van der Waals surface area contributed by atoms with Gasteiger partial charge in [0.15, 0.2) is 5.11 Å². The summed E-state index contributed by atoms with van der Waals surface area (Å²) in [7, 11) is 1.64. The minimum Gasteiger partial charge on any atom is -0.363 e. The molecule has 0 aliphatic rings. The summed E-state index contributed by atoms with van der Waals surface area (Å²) in [5.41, 5.74) is -0.452. The van der Waals surface area contributed by atoms with E-state index in [4.69, 9.17) is 12.2 Å². The van der Waals surface area contributed by atoms with Gasteiger partial charge < -0.3 is 16.0 Å². The van der Waals surface area contributed by atoms with E-state index in [1.54, 1.807) is 7.05 Å². The van der Waals surface area contributed by atoms with Gasteiger partial charge in [-0.05, 0) is 32.5 Å². The summed E-state index contributed by atoms with van der Waals surface area (Å²) in [4.78, 5) is 11.4. The topological polar surface area (TPSA) is 53.2 Å². The molecule has 0 saturated carbocycles. The van der Waals surface area contributed by atoms with Gasteiger partial charge >= 0.3 is 0 Å². The SMILES string of the molecule is CCCNC(=S)NCC(C)(C)C(=O)NC. The van der Waals surface area contributed by atoms with Crippen LogP contribution in [0.4, 0.5) is 0 Å². The lowest BCUT2D eigenvalue weighted by molar-refractivity contribution is -0.128. The minimum absolute atomic E-state index is 0.00768. The van der Waals surface area contributed by atoms with E-state index in [9.17, 15) is 4.79 Å². The molecule has 0 aromatic carbocycles. The largest absolute Gasteiger partial charge is 0.363 e. The van der Waals surface area contributed by atoms with Crippen LogP contribution in [0.5, 0.6) is 0 Å². The van der Waals surface area contributed by atoms with Crippen molar-refractivity contribution in [1.82, 2.24) is 16.0 Å². The predicted octanol–water partition coefficient (Wildman–Crippen LogP) is 0.633. The fourth-order valence-electron chi connectivity index (χ4n) is 1.02. The first-order chi connectivity index (χ1) is 6.94. The van der Waals surface area contributed by atoms with Crippen molar-refractivity contribution in [2.75, 3.05) is 20.1 Å². The molecule has 15 heavy (non-hydrogen) atoms. The van der Waals surface area contributed by atoms with Gasteiger partial charge in [0.2, 0.25) is 5.91 Å². The second kappa shape index (κ2) is 6.61. The summed E-state index contributed by atoms with van der Waals surface area (Å²) in [5.74, 6) is 0.00768. The molecule has 4 nitrogen and oxygen atoms in total. The van der Waals surface area contributed by atoms with E-state index in [-0.39, 0.29) is 5.91 Å². The van der Waals surface area contributed by atoms with Crippen LogP contribution in [-0.4, -0.2) is 31.2 Å². The molecule has 1 amide bonds. The number of nitrogens with one attached hydrogen (secondary N) is 3. The number of carbonyl (C=O) groups is 1. The molecule has 0 aliphatic carbocycles. The predicted molar refractivity (Wildman–Crippen MR) is 66.7 cm³/mol. The highest BCUT2D eigenvalue weighted by molar-refractivity contribution is 7.80. The average molecular weight is 231 g/mol. The molecular weight excluding hydrogens is 210 g/mol. The highest BCUT2D eigenvalue weighted by Gasteiger charge is 2.26. The van der Waals surface area contributed by atoms with Crippen molar-refractivity contribution in [1.29, 1.82) is 0 Å². The molecule has 0 atom stereocenters. The van der Waals surface area contributed by atoms with E-state index in [1.165, 1.54) is 0 Å². The highest BCUT2D eigenvalue weighted by atomic mass is 32.1.